The number of ether oxygens (including phenoxy) is 3. The Morgan fingerprint density at radius 2 is 2.00 bits per heavy atom. The molecular formula is C19H16ClN3O4. The number of carbonyl (C=O) groups is 1. The van der Waals surface area contributed by atoms with Crippen LogP contribution in [0.3, 0.4) is 0 Å². The Bertz CT molecular complexity index is 1030. The lowest BCUT2D eigenvalue weighted by Gasteiger charge is -2.06. The molecule has 0 spiro atoms. The molecule has 0 bridgehead atoms. The Hall–Kier alpha value is -3.19. The van der Waals surface area contributed by atoms with Gasteiger partial charge in [-0.05, 0) is 42.5 Å². The van der Waals surface area contributed by atoms with Gasteiger partial charge in [-0.2, -0.15) is 5.10 Å². The summed E-state index contributed by atoms with van der Waals surface area (Å²) < 4.78 is 17.5. The summed E-state index contributed by atoms with van der Waals surface area (Å²) in [7, 11) is 3.31. The Balaban J connectivity index is 1.57. The summed E-state index contributed by atoms with van der Waals surface area (Å²) in [6, 6.07) is 12.3. The van der Waals surface area contributed by atoms with Gasteiger partial charge in [-0.3, -0.25) is 9.48 Å². The highest BCUT2D eigenvalue weighted by molar-refractivity contribution is 6.32. The topological polar surface area (TPSA) is 74.6 Å². The summed E-state index contributed by atoms with van der Waals surface area (Å²) in [4.78, 5) is 12.6. The number of nitrogens with zero attached hydrogens (tertiary/aromatic N) is 2. The lowest BCUT2D eigenvalue weighted by Crippen LogP contribution is -2.13. The molecule has 3 aromatic rings. The highest BCUT2D eigenvalue weighted by atomic mass is 35.5. The smallest absolute Gasteiger partial charge is 0.276 e. The average molecular weight is 386 g/mol. The highest BCUT2D eigenvalue weighted by Crippen LogP contribution is 2.36. The fourth-order valence-electron chi connectivity index (χ4n) is 2.84. The highest BCUT2D eigenvalue weighted by Gasteiger charge is 2.18. The minimum absolute atomic E-state index is 0.211. The first-order chi connectivity index (χ1) is 13.0. The first-order valence-electron chi connectivity index (χ1n) is 8.14. The predicted octanol–water partition coefficient (Wildman–Crippen LogP) is 3.73. The van der Waals surface area contributed by atoms with Crippen LogP contribution in [-0.2, 0) is 7.05 Å². The summed E-state index contributed by atoms with van der Waals surface area (Å²) in [6.07, 6.45) is 0. The van der Waals surface area contributed by atoms with Gasteiger partial charge in [0.25, 0.3) is 5.91 Å². The van der Waals surface area contributed by atoms with Crippen molar-refractivity contribution in [3.05, 3.63) is 53.2 Å². The number of hydrogen-bond donors (Lipinski definition) is 1. The van der Waals surface area contributed by atoms with Crippen LogP contribution >= 0.6 is 11.6 Å². The minimum atomic E-state index is -0.334. The third kappa shape index (κ3) is 3.29. The quantitative estimate of drug-likeness (QED) is 0.740. The summed E-state index contributed by atoms with van der Waals surface area (Å²) >= 11 is 6.10. The van der Waals surface area contributed by atoms with E-state index in [0.717, 1.165) is 11.3 Å². The summed E-state index contributed by atoms with van der Waals surface area (Å²) in [5.74, 6) is 1.58. The van der Waals surface area contributed by atoms with Gasteiger partial charge in [0.05, 0.1) is 17.8 Å². The maximum atomic E-state index is 12.6. The van der Waals surface area contributed by atoms with E-state index in [0.29, 0.717) is 28.0 Å². The van der Waals surface area contributed by atoms with E-state index in [1.54, 1.807) is 36.0 Å². The fraction of sp³-hybridized carbons (Fsp3) is 0.158. The van der Waals surface area contributed by atoms with Gasteiger partial charge in [0.1, 0.15) is 5.75 Å². The summed E-state index contributed by atoms with van der Waals surface area (Å²) in [5, 5.41) is 7.51. The number of nitrogens with one attached hydrogen (secondary N) is 1. The molecule has 0 aliphatic carbocycles. The molecule has 1 aliphatic rings. The molecule has 2 aromatic carbocycles. The van der Waals surface area contributed by atoms with Crippen molar-refractivity contribution in [1.82, 2.24) is 9.78 Å². The molecule has 1 amide bonds. The largest absolute Gasteiger partial charge is 0.495 e. The van der Waals surface area contributed by atoms with Crippen molar-refractivity contribution in [1.29, 1.82) is 0 Å². The summed E-state index contributed by atoms with van der Waals surface area (Å²) in [6.45, 7) is 0.211. The molecule has 7 nitrogen and oxygen atoms in total. The molecule has 0 radical (unpaired) electrons. The maximum absolute atomic E-state index is 12.6. The molecule has 0 unspecified atom stereocenters. The van der Waals surface area contributed by atoms with E-state index in [2.05, 4.69) is 10.4 Å². The van der Waals surface area contributed by atoms with Crippen LogP contribution in [0.4, 0.5) is 5.69 Å². The Kier molecular flexibility index (Phi) is 4.37. The van der Waals surface area contributed by atoms with Crippen LogP contribution in [0.25, 0.3) is 11.3 Å². The van der Waals surface area contributed by atoms with Crippen molar-refractivity contribution in [2.75, 3.05) is 19.2 Å². The number of aromatic nitrogens is 2. The molecule has 1 aromatic heterocycles. The number of aryl methyl sites for hydroxylation is 1. The summed E-state index contributed by atoms with van der Waals surface area (Å²) in [5.41, 5.74) is 2.50. The number of halogens is 1. The van der Waals surface area contributed by atoms with Gasteiger partial charge in [0.2, 0.25) is 6.79 Å². The molecule has 8 heteroatoms. The number of carbonyl (C=O) groups excluding carboxylic acids is 1. The SMILES string of the molecule is COc1ccc(NC(=O)c2cc(-c3ccc4c(c3)OCO4)n(C)n2)cc1Cl. The number of benzene rings is 2. The lowest BCUT2D eigenvalue weighted by atomic mass is 10.1. The zero-order valence-corrected chi connectivity index (χ0v) is 15.4. The predicted molar refractivity (Wildman–Crippen MR) is 101 cm³/mol. The molecule has 0 saturated heterocycles. The van der Waals surface area contributed by atoms with Gasteiger partial charge in [-0.25, -0.2) is 0 Å². The Morgan fingerprint density at radius 3 is 2.78 bits per heavy atom. The van der Waals surface area contributed by atoms with Crippen LogP contribution < -0.4 is 19.5 Å². The molecule has 138 valence electrons. The normalized spacial score (nSPS) is 12.1. The monoisotopic (exact) mass is 385 g/mol. The number of methoxy groups -OCH3 is 1. The van der Waals surface area contributed by atoms with Gasteiger partial charge in [0.15, 0.2) is 17.2 Å². The number of hydrogen-bond acceptors (Lipinski definition) is 5. The zero-order valence-electron chi connectivity index (χ0n) is 14.7. The molecule has 0 atom stereocenters. The molecule has 0 saturated carbocycles. The van der Waals surface area contributed by atoms with Crippen LogP contribution in [0.1, 0.15) is 10.5 Å². The van der Waals surface area contributed by atoms with Gasteiger partial charge in [-0.15, -0.1) is 0 Å². The molecule has 27 heavy (non-hydrogen) atoms. The van der Waals surface area contributed by atoms with Crippen molar-refractivity contribution in [3.8, 4) is 28.5 Å². The van der Waals surface area contributed by atoms with E-state index in [4.69, 9.17) is 25.8 Å². The lowest BCUT2D eigenvalue weighted by molar-refractivity contribution is 0.102. The first kappa shape index (κ1) is 17.2. The van der Waals surface area contributed by atoms with Crippen LogP contribution in [0.15, 0.2) is 42.5 Å². The number of anilines is 1. The number of rotatable bonds is 4. The van der Waals surface area contributed by atoms with Crippen LogP contribution in [0.2, 0.25) is 5.02 Å². The number of fused-ring (bicyclic) bond motifs is 1. The van der Waals surface area contributed by atoms with E-state index in [1.165, 1.54) is 7.11 Å². The Labute approximate surface area is 160 Å². The second-order valence-corrected chi connectivity index (χ2v) is 6.32. The van der Waals surface area contributed by atoms with Crippen molar-refractivity contribution < 1.29 is 19.0 Å². The van der Waals surface area contributed by atoms with Gasteiger partial charge >= 0.3 is 0 Å². The van der Waals surface area contributed by atoms with Crippen LogP contribution in [0, 0.1) is 0 Å². The third-order valence-corrected chi connectivity index (χ3v) is 4.49. The molecule has 2 heterocycles. The maximum Gasteiger partial charge on any atom is 0.276 e. The fourth-order valence-corrected chi connectivity index (χ4v) is 3.10. The van der Waals surface area contributed by atoms with Crippen molar-refractivity contribution >= 4 is 23.2 Å². The third-order valence-electron chi connectivity index (χ3n) is 4.19. The molecule has 0 fully saturated rings. The van der Waals surface area contributed by atoms with Crippen molar-refractivity contribution in [2.45, 2.75) is 0 Å². The van der Waals surface area contributed by atoms with E-state index in [1.807, 2.05) is 18.2 Å². The van der Waals surface area contributed by atoms with Gasteiger partial charge in [0, 0.05) is 18.3 Å². The molecule has 1 N–H and O–H groups in total. The zero-order chi connectivity index (χ0) is 19.0. The van der Waals surface area contributed by atoms with E-state index in [9.17, 15) is 4.79 Å². The number of amides is 1. The van der Waals surface area contributed by atoms with Crippen LogP contribution in [-0.4, -0.2) is 29.6 Å². The Morgan fingerprint density at radius 1 is 1.19 bits per heavy atom. The van der Waals surface area contributed by atoms with Gasteiger partial charge in [-0.1, -0.05) is 11.6 Å². The second kappa shape index (κ2) is 6.85. The van der Waals surface area contributed by atoms with Gasteiger partial charge < -0.3 is 19.5 Å². The molecule has 1 aliphatic heterocycles. The van der Waals surface area contributed by atoms with E-state index < -0.39 is 0 Å². The van der Waals surface area contributed by atoms with E-state index >= 15 is 0 Å². The van der Waals surface area contributed by atoms with Crippen molar-refractivity contribution in [2.24, 2.45) is 7.05 Å². The second-order valence-electron chi connectivity index (χ2n) is 5.91. The van der Waals surface area contributed by atoms with E-state index in [-0.39, 0.29) is 18.4 Å². The van der Waals surface area contributed by atoms with Crippen LogP contribution in [0.5, 0.6) is 17.2 Å². The first-order valence-corrected chi connectivity index (χ1v) is 8.52. The molecule has 4 rings (SSSR count). The minimum Gasteiger partial charge on any atom is -0.495 e. The average Bonchev–Trinajstić information content (AvgIpc) is 3.27. The standard InChI is InChI=1S/C19H16ClN3O4/c1-23-15(11-3-5-17-18(7-11)27-10-26-17)9-14(22-23)19(24)21-12-4-6-16(25-2)13(20)8-12/h3-9H,10H2,1-2H3,(H,21,24). The van der Waals surface area contributed by atoms with Crippen molar-refractivity contribution in [3.63, 3.8) is 0 Å². The molecular weight excluding hydrogens is 370 g/mol.